The summed E-state index contributed by atoms with van der Waals surface area (Å²) < 4.78 is 33.5. The van der Waals surface area contributed by atoms with E-state index in [1.54, 1.807) is 29.7 Å². The van der Waals surface area contributed by atoms with Crippen molar-refractivity contribution in [3.63, 3.8) is 0 Å². The number of hydrogen-bond acceptors (Lipinski definition) is 5. The zero-order chi connectivity index (χ0) is 19.4. The van der Waals surface area contributed by atoms with Crippen LogP contribution in [0.5, 0.6) is 0 Å². The topological polar surface area (TPSA) is 72.4 Å². The molecule has 1 atom stereocenters. The van der Waals surface area contributed by atoms with E-state index in [4.69, 9.17) is 4.74 Å². The maximum absolute atomic E-state index is 13.3. The van der Waals surface area contributed by atoms with Crippen LogP contribution in [-0.4, -0.2) is 42.9 Å². The molecule has 1 unspecified atom stereocenters. The van der Waals surface area contributed by atoms with Gasteiger partial charge in [-0.15, -0.1) is 0 Å². The lowest BCUT2D eigenvalue weighted by molar-refractivity contribution is 0.182. The molecule has 2 heterocycles. The fraction of sp³-hybridized carbons (Fsp3) is 0.500. The van der Waals surface area contributed by atoms with Crippen LogP contribution in [0.4, 0.5) is 0 Å². The van der Waals surface area contributed by atoms with Crippen LogP contribution in [0.1, 0.15) is 48.3 Å². The third-order valence-electron chi connectivity index (χ3n) is 5.06. The minimum Gasteiger partial charge on any atom is -0.380 e. The molecule has 6 nitrogen and oxygen atoms in total. The highest BCUT2D eigenvalue weighted by Gasteiger charge is 2.33. The number of piperidine rings is 1. The van der Waals surface area contributed by atoms with Crippen LogP contribution in [0, 0.1) is 6.92 Å². The Morgan fingerprint density at radius 3 is 2.78 bits per heavy atom. The number of sulfonamides is 1. The number of ether oxygens (including phenoxy) is 1. The fourth-order valence-corrected chi connectivity index (χ4v) is 5.52. The second-order valence-corrected chi connectivity index (χ2v) is 8.83. The van der Waals surface area contributed by atoms with Gasteiger partial charge in [-0.05, 0) is 37.8 Å². The van der Waals surface area contributed by atoms with E-state index in [-0.39, 0.29) is 5.92 Å². The maximum Gasteiger partial charge on any atom is 0.243 e. The summed E-state index contributed by atoms with van der Waals surface area (Å²) in [6.45, 7) is 5.24. The Kier molecular flexibility index (Phi) is 6.24. The van der Waals surface area contributed by atoms with Gasteiger partial charge in [0.15, 0.2) is 0 Å². The first kappa shape index (κ1) is 19.9. The van der Waals surface area contributed by atoms with Gasteiger partial charge in [0.2, 0.25) is 10.0 Å². The number of methoxy groups -OCH3 is 1. The Hall–Kier alpha value is -1.83. The zero-order valence-electron chi connectivity index (χ0n) is 16.2. The zero-order valence-corrected chi connectivity index (χ0v) is 17.0. The van der Waals surface area contributed by atoms with Crippen LogP contribution in [0.15, 0.2) is 35.4 Å². The third-order valence-corrected chi connectivity index (χ3v) is 7.03. The van der Waals surface area contributed by atoms with Gasteiger partial charge in [0, 0.05) is 37.9 Å². The largest absolute Gasteiger partial charge is 0.380 e. The van der Waals surface area contributed by atoms with Crippen molar-refractivity contribution in [3.05, 3.63) is 53.1 Å². The third kappa shape index (κ3) is 4.20. The van der Waals surface area contributed by atoms with Crippen LogP contribution < -0.4 is 0 Å². The predicted molar refractivity (Wildman–Crippen MR) is 104 cm³/mol. The van der Waals surface area contributed by atoms with E-state index in [1.807, 2.05) is 26.0 Å². The smallest absolute Gasteiger partial charge is 0.243 e. The van der Waals surface area contributed by atoms with Crippen LogP contribution in [0.2, 0.25) is 0 Å². The van der Waals surface area contributed by atoms with Crippen molar-refractivity contribution in [3.8, 4) is 0 Å². The minimum atomic E-state index is -3.52. The summed E-state index contributed by atoms with van der Waals surface area (Å²) in [5, 5.41) is 0. The average molecular weight is 390 g/mol. The molecule has 0 N–H and O–H groups in total. The van der Waals surface area contributed by atoms with Gasteiger partial charge < -0.3 is 4.74 Å². The molecule has 1 saturated heterocycles. The maximum atomic E-state index is 13.3. The summed E-state index contributed by atoms with van der Waals surface area (Å²) in [7, 11) is -1.88. The van der Waals surface area contributed by atoms with Crippen molar-refractivity contribution in [1.29, 1.82) is 0 Å². The lowest BCUT2D eigenvalue weighted by atomic mass is 9.93. The molecule has 2 aromatic rings. The van der Waals surface area contributed by atoms with Gasteiger partial charge >= 0.3 is 0 Å². The van der Waals surface area contributed by atoms with Crippen molar-refractivity contribution in [2.24, 2.45) is 0 Å². The van der Waals surface area contributed by atoms with Crippen LogP contribution in [0.3, 0.4) is 0 Å². The highest BCUT2D eigenvalue weighted by molar-refractivity contribution is 7.89. The first-order valence-corrected chi connectivity index (χ1v) is 10.8. The first-order chi connectivity index (χ1) is 13.0. The van der Waals surface area contributed by atoms with Gasteiger partial charge in [0.05, 0.1) is 17.2 Å². The van der Waals surface area contributed by atoms with Crippen LogP contribution >= 0.6 is 0 Å². The van der Waals surface area contributed by atoms with Crippen LogP contribution in [-0.2, 0) is 27.8 Å². The van der Waals surface area contributed by atoms with Gasteiger partial charge in [-0.2, -0.15) is 4.31 Å². The lowest BCUT2D eigenvalue weighted by Crippen LogP contribution is -2.40. The Bertz CT molecular complexity index is 899. The Balaban J connectivity index is 1.92. The quantitative estimate of drug-likeness (QED) is 0.759. The van der Waals surface area contributed by atoms with E-state index < -0.39 is 10.0 Å². The van der Waals surface area contributed by atoms with Gasteiger partial charge in [-0.3, -0.25) is 0 Å². The van der Waals surface area contributed by atoms with Crippen molar-refractivity contribution < 1.29 is 13.2 Å². The minimum absolute atomic E-state index is 0.0502. The number of rotatable bonds is 6. The summed E-state index contributed by atoms with van der Waals surface area (Å²) in [4.78, 5) is 9.31. The molecule has 27 heavy (non-hydrogen) atoms. The number of hydrogen-bond donors (Lipinski definition) is 0. The van der Waals surface area contributed by atoms with Gasteiger partial charge in [0.1, 0.15) is 5.82 Å². The molecule has 0 spiro atoms. The van der Waals surface area contributed by atoms with Crippen LogP contribution in [0.25, 0.3) is 0 Å². The van der Waals surface area contributed by atoms with E-state index >= 15 is 0 Å². The Morgan fingerprint density at radius 1 is 1.26 bits per heavy atom. The molecule has 1 fully saturated rings. The van der Waals surface area contributed by atoms with Crippen molar-refractivity contribution >= 4 is 10.0 Å². The fourth-order valence-electron chi connectivity index (χ4n) is 3.70. The number of benzene rings is 1. The molecule has 0 aliphatic carbocycles. The summed E-state index contributed by atoms with van der Waals surface area (Å²) in [5.74, 6) is 0.746. The molecule has 1 aliphatic heterocycles. The standard InChI is InChI=1S/C20H27N3O3S/c1-4-16-8-5-6-10-19(16)27(24,25)23-11-7-9-17(13-23)20-18(14-26-3)12-21-15(2)22-20/h5-6,8,10,12,17H,4,7,9,11,13-14H2,1-3H3. The van der Waals surface area contributed by atoms with E-state index in [2.05, 4.69) is 9.97 Å². The highest BCUT2D eigenvalue weighted by atomic mass is 32.2. The normalized spacial score (nSPS) is 18.6. The molecule has 1 aliphatic rings. The average Bonchev–Trinajstić information content (AvgIpc) is 2.69. The van der Waals surface area contributed by atoms with E-state index in [0.717, 1.165) is 29.7 Å². The van der Waals surface area contributed by atoms with Gasteiger partial charge in [-0.1, -0.05) is 25.1 Å². The second kappa shape index (κ2) is 8.46. The van der Waals surface area contributed by atoms with Gasteiger partial charge in [-0.25, -0.2) is 18.4 Å². The van der Waals surface area contributed by atoms with Gasteiger partial charge in [0.25, 0.3) is 0 Å². The molecule has 1 aromatic heterocycles. The van der Waals surface area contributed by atoms with E-state index in [0.29, 0.717) is 36.8 Å². The predicted octanol–water partition coefficient (Wildman–Crippen LogP) is 3.06. The van der Waals surface area contributed by atoms with E-state index in [9.17, 15) is 8.42 Å². The molecular weight excluding hydrogens is 362 g/mol. The molecule has 1 aromatic carbocycles. The monoisotopic (exact) mass is 389 g/mol. The first-order valence-electron chi connectivity index (χ1n) is 9.36. The van der Waals surface area contributed by atoms with Crippen molar-refractivity contribution in [1.82, 2.24) is 14.3 Å². The summed E-state index contributed by atoms with van der Waals surface area (Å²) in [6, 6.07) is 7.28. The molecule has 0 radical (unpaired) electrons. The molecule has 0 amide bonds. The highest BCUT2D eigenvalue weighted by Crippen LogP contribution is 2.32. The summed E-state index contributed by atoms with van der Waals surface area (Å²) >= 11 is 0. The molecule has 7 heteroatoms. The molecular formula is C20H27N3O3S. The molecule has 3 rings (SSSR count). The Labute approximate surface area is 161 Å². The number of nitrogens with zero attached hydrogens (tertiary/aromatic N) is 3. The van der Waals surface area contributed by atoms with E-state index in [1.165, 1.54) is 0 Å². The SMILES string of the molecule is CCc1ccccc1S(=O)(=O)N1CCCC(c2nc(C)ncc2COC)C1. The molecule has 146 valence electrons. The number of aryl methyl sites for hydroxylation is 2. The summed E-state index contributed by atoms with van der Waals surface area (Å²) in [5.41, 5.74) is 2.70. The molecule has 0 saturated carbocycles. The summed E-state index contributed by atoms with van der Waals surface area (Å²) in [6.07, 6.45) is 4.21. The lowest BCUT2D eigenvalue weighted by Gasteiger charge is -2.33. The molecule has 0 bridgehead atoms. The second-order valence-electron chi connectivity index (χ2n) is 6.92. The van der Waals surface area contributed by atoms with Crippen molar-refractivity contribution in [2.75, 3.05) is 20.2 Å². The van der Waals surface area contributed by atoms with Crippen molar-refractivity contribution in [2.45, 2.75) is 50.5 Å². The number of aromatic nitrogens is 2. The Morgan fingerprint density at radius 2 is 2.04 bits per heavy atom.